The maximum absolute atomic E-state index is 13.2. The third kappa shape index (κ3) is 4.89. The van der Waals surface area contributed by atoms with Crippen molar-refractivity contribution in [3.8, 4) is 5.75 Å². The van der Waals surface area contributed by atoms with E-state index in [1.807, 2.05) is 0 Å². The van der Waals surface area contributed by atoms with Crippen LogP contribution in [-0.4, -0.2) is 12.4 Å². The second-order valence-corrected chi connectivity index (χ2v) is 4.57. The van der Waals surface area contributed by atoms with Gasteiger partial charge < -0.3 is 4.74 Å². The standard InChI is InChI=1S/C11H14BrFOS/c12-9-4-5-10(13)11(8-9)14-6-2-1-3-7-15/h4-5,8,15H,1-3,6-7H2. The maximum Gasteiger partial charge on any atom is 0.165 e. The Morgan fingerprint density at radius 2 is 2.07 bits per heavy atom. The van der Waals surface area contributed by atoms with Crippen molar-refractivity contribution in [2.24, 2.45) is 0 Å². The van der Waals surface area contributed by atoms with Crippen LogP contribution >= 0.6 is 28.6 Å². The van der Waals surface area contributed by atoms with Crippen molar-refractivity contribution in [2.45, 2.75) is 19.3 Å². The van der Waals surface area contributed by atoms with Crippen molar-refractivity contribution in [3.63, 3.8) is 0 Å². The predicted octanol–water partition coefficient (Wildman–Crippen LogP) is 4.07. The van der Waals surface area contributed by atoms with Crippen molar-refractivity contribution < 1.29 is 9.13 Å². The lowest BCUT2D eigenvalue weighted by Gasteiger charge is -2.07. The van der Waals surface area contributed by atoms with Gasteiger partial charge >= 0.3 is 0 Å². The van der Waals surface area contributed by atoms with Gasteiger partial charge in [-0.2, -0.15) is 12.6 Å². The first-order chi connectivity index (χ1) is 7.24. The molecule has 0 amide bonds. The summed E-state index contributed by atoms with van der Waals surface area (Å²) in [5.74, 6) is 0.897. The average molecular weight is 293 g/mol. The zero-order valence-corrected chi connectivity index (χ0v) is 10.9. The molecule has 0 aliphatic heterocycles. The number of benzene rings is 1. The molecule has 1 rings (SSSR count). The fourth-order valence-corrected chi connectivity index (χ4v) is 1.72. The summed E-state index contributed by atoms with van der Waals surface area (Å²) in [5, 5.41) is 0. The Morgan fingerprint density at radius 3 is 2.80 bits per heavy atom. The van der Waals surface area contributed by atoms with E-state index in [-0.39, 0.29) is 5.82 Å². The number of thiol groups is 1. The Bertz CT molecular complexity index is 307. The third-order valence-corrected chi connectivity index (χ3v) is 2.76. The van der Waals surface area contributed by atoms with Gasteiger partial charge in [-0.25, -0.2) is 4.39 Å². The predicted molar refractivity (Wildman–Crippen MR) is 67.3 cm³/mol. The monoisotopic (exact) mass is 292 g/mol. The molecule has 0 aromatic heterocycles. The number of rotatable bonds is 6. The molecule has 1 aromatic rings. The van der Waals surface area contributed by atoms with Gasteiger partial charge in [-0.1, -0.05) is 15.9 Å². The van der Waals surface area contributed by atoms with E-state index in [0.717, 1.165) is 29.5 Å². The largest absolute Gasteiger partial charge is 0.490 e. The Morgan fingerprint density at radius 1 is 1.27 bits per heavy atom. The Kier molecular flexibility index (Phi) is 6.10. The highest BCUT2D eigenvalue weighted by Crippen LogP contribution is 2.22. The van der Waals surface area contributed by atoms with E-state index in [1.54, 1.807) is 12.1 Å². The normalized spacial score (nSPS) is 10.3. The van der Waals surface area contributed by atoms with Gasteiger partial charge in [0.15, 0.2) is 11.6 Å². The molecule has 0 aliphatic carbocycles. The molecule has 84 valence electrons. The van der Waals surface area contributed by atoms with Gasteiger partial charge in [-0.15, -0.1) is 0 Å². The van der Waals surface area contributed by atoms with Crippen molar-refractivity contribution >= 4 is 28.6 Å². The highest BCUT2D eigenvalue weighted by atomic mass is 79.9. The van der Waals surface area contributed by atoms with Gasteiger partial charge in [0.2, 0.25) is 0 Å². The highest BCUT2D eigenvalue weighted by molar-refractivity contribution is 9.10. The lowest BCUT2D eigenvalue weighted by Crippen LogP contribution is -1.99. The van der Waals surface area contributed by atoms with Gasteiger partial charge in [0.25, 0.3) is 0 Å². The van der Waals surface area contributed by atoms with Crippen LogP contribution in [0.25, 0.3) is 0 Å². The van der Waals surface area contributed by atoms with Gasteiger partial charge in [0.1, 0.15) is 0 Å². The topological polar surface area (TPSA) is 9.23 Å². The quantitative estimate of drug-likeness (QED) is 0.614. The van der Waals surface area contributed by atoms with E-state index in [0.29, 0.717) is 12.4 Å². The molecule has 1 aromatic carbocycles. The van der Waals surface area contributed by atoms with Crippen LogP contribution in [0.2, 0.25) is 0 Å². The second kappa shape index (κ2) is 7.12. The lowest BCUT2D eigenvalue weighted by atomic mass is 10.2. The maximum atomic E-state index is 13.2. The van der Waals surface area contributed by atoms with Crippen molar-refractivity contribution in [3.05, 3.63) is 28.5 Å². The first kappa shape index (κ1) is 12.8. The summed E-state index contributed by atoms with van der Waals surface area (Å²) >= 11 is 7.39. The van der Waals surface area contributed by atoms with Crippen molar-refractivity contribution in [2.75, 3.05) is 12.4 Å². The first-order valence-electron chi connectivity index (χ1n) is 4.93. The van der Waals surface area contributed by atoms with E-state index in [2.05, 4.69) is 28.6 Å². The molecule has 15 heavy (non-hydrogen) atoms. The summed E-state index contributed by atoms with van der Waals surface area (Å²) in [5.41, 5.74) is 0. The molecular formula is C11H14BrFOS. The number of ether oxygens (including phenoxy) is 1. The van der Waals surface area contributed by atoms with Crippen LogP contribution in [0.5, 0.6) is 5.75 Å². The fourth-order valence-electron chi connectivity index (χ4n) is 1.16. The second-order valence-electron chi connectivity index (χ2n) is 3.21. The van der Waals surface area contributed by atoms with E-state index in [9.17, 15) is 4.39 Å². The van der Waals surface area contributed by atoms with Crippen LogP contribution in [0, 0.1) is 5.82 Å². The van der Waals surface area contributed by atoms with Crippen LogP contribution in [-0.2, 0) is 0 Å². The molecule has 1 nitrogen and oxygen atoms in total. The Hall–Kier alpha value is -0.220. The summed E-state index contributed by atoms with van der Waals surface area (Å²) in [6, 6.07) is 4.70. The minimum Gasteiger partial charge on any atom is -0.490 e. The summed E-state index contributed by atoms with van der Waals surface area (Å²) in [6.45, 7) is 0.557. The van der Waals surface area contributed by atoms with Crippen LogP contribution in [0.1, 0.15) is 19.3 Å². The number of halogens is 2. The minimum absolute atomic E-state index is 0.313. The van der Waals surface area contributed by atoms with E-state index < -0.39 is 0 Å². The molecule has 0 bridgehead atoms. The van der Waals surface area contributed by atoms with Crippen LogP contribution in [0.4, 0.5) is 4.39 Å². The molecular weight excluding hydrogens is 279 g/mol. The highest BCUT2D eigenvalue weighted by Gasteiger charge is 2.03. The van der Waals surface area contributed by atoms with Crippen LogP contribution in [0.15, 0.2) is 22.7 Å². The summed E-state index contributed by atoms with van der Waals surface area (Å²) in [4.78, 5) is 0. The first-order valence-corrected chi connectivity index (χ1v) is 6.35. The molecule has 0 N–H and O–H groups in total. The summed E-state index contributed by atoms with van der Waals surface area (Å²) in [6.07, 6.45) is 3.08. The number of hydrogen-bond acceptors (Lipinski definition) is 2. The summed E-state index contributed by atoms with van der Waals surface area (Å²) < 4.78 is 19.3. The molecule has 4 heteroatoms. The van der Waals surface area contributed by atoms with Gasteiger partial charge in [0, 0.05) is 4.47 Å². The average Bonchev–Trinajstić information content (AvgIpc) is 2.23. The Balaban J connectivity index is 2.33. The van der Waals surface area contributed by atoms with Crippen molar-refractivity contribution in [1.29, 1.82) is 0 Å². The smallest absolute Gasteiger partial charge is 0.165 e. The minimum atomic E-state index is -0.313. The van der Waals surface area contributed by atoms with Gasteiger partial charge in [-0.3, -0.25) is 0 Å². The Labute approximate surface area is 104 Å². The van der Waals surface area contributed by atoms with Crippen molar-refractivity contribution in [1.82, 2.24) is 0 Å². The summed E-state index contributed by atoms with van der Waals surface area (Å²) in [7, 11) is 0. The van der Waals surface area contributed by atoms with E-state index in [4.69, 9.17) is 4.74 Å². The van der Waals surface area contributed by atoms with E-state index in [1.165, 1.54) is 6.07 Å². The zero-order valence-electron chi connectivity index (χ0n) is 8.38. The molecule has 0 aliphatic rings. The van der Waals surface area contributed by atoms with E-state index >= 15 is 0 Å². The fraction of sp³-hybridized carbons (Fsp3) is 0.455. The third-order valence-electron chi connectivity index (χ3n) is 1.95. The molecule has 0 saturated carbocycles. The SMILES string of the molecule is Fc1ccc(Br)cc1OCCCCCS. The molecule has 0 radical (unpaired) electrons. The zero-order chi connectivity index (χ0) is 11.1. The molecule has 0 saturated heterocycles. The van der Waals surface area contributed by atoms with Gasteiger partial charge in [0.05, 0.1) is 6.61 Å². The van der Waals surface area contributed by atoms with Crippen LogP contribution in [0.3, 0.4) is 0 Å². The molecule has 0 fully saturated rings. The number of unbranched alkanes of at least 4 members (excludes halogenated alkanes) is 2. The molecule has 0 spiro atoms. The number of hydrogen-bond donors (Lipinski definition) is 1. The molecule has 0 heterocycles. The lowest BCUT2D eigenvalue weighted by molar-refractivity contribution is 0.291. The molecule has 0 atom stereocenters. The van der Waals surface area contributed by atoms with Crippen LogP contribution < -0.4 is 4.74 Å². The van der Waals surface area contributed by atoms with Gasteiger partial charge in [-0.05, 0) is 43.2 Å². The molecule has 0 unspecified atom stereocenters.